The van der Waals surface area contributed by atoms with Crippen LogP contribution >= 0.6 is 11.6 Å². The van der Waals surface area contributed by atoms with Gasteiger partial charge in [0.2, 0.25) is 0 Å². The van der Waals surface area contributed by atoms with E-state index >= 15 is 0 Å². The molecule has 0 saturated carbocycles. The van der Waals surface area contributed by atoms with Crippen molar-refractivity contribution in [1.82, 2.24) is 0 Å². The Hall–Kier alpha value is -2.05. The van der Waals surface area contributed by atoms with E-state index in [1.165, 1.54) is 18.2 Å². The maximum absolute atomic E-state index is 13.5. The Bertz CT molecular complexity index is 725. The zero-order valence-electron chi connectivity index (χ0n) is 11.3. The van der Waals surface area contributed by atoms with E-state index < -0.39 is 5.41 Å². The summed E-state index contributed by atoms with van der Waals surface area (Å²) in [6, 6.07) is 14.2. The van der Waals surface area contributed by atoms with Crippen molar-refractivity contribution in [2.75, 3.05) is 6.61 Å². The molecule has 0 aliphatic carbocycles. The average Bonchev–Trinajstić information content (AvgIpc) is 2.51. The largest absolute Gasteiger partial charge is 0.493 e. The number of ether oxygens (including phenoxy) is 1. The number of nitriles is 1. The Morgan fingerprint density at radius 3 is 2.90 bits per heavy atom. The molecule has 2 aromatic carbocycles. The van der Waals surface area contributed by atoms with Crippen LogP contribution in [0.25, 0.3) is 0 Å². The normalized spacial score (nSPS) is 20.2. The van der Waals surface area contributed by atoms with Crippen molar-refractivity contribution in [1.29, 1.82) is 5.26 Å². The quantitative estimate of drug-likeness (QED) is 0.830. The van der Waals surface area contributed by atoms with Gasteiger partial charge in [-0.05, 0) is 36.2 Å². The molecule has 0 bridgehead atoms. The molecule has 0 N–H and O–H groups in total. The fourth-order valence-corrected chi connectivity index (χ4v) is 2.99. The minimum absolute atomic E-state index is 0.345. The van der Waals surface area contributed by atoms with E-state index in [9.17, 15) is 9.65 Å². The predicted octanol–water partition coefficient (Wildman–Crippen LogP) is 4.27. The SMILES string of the molecule is N#CC1(Cc2cc(F)ccc2Cl)CCOc2ccccc21. The third-order valence-corrected chi connectivity index (χ3v) is 4.27. The van der Waals surface area contributed by atoms with Crippen LogP contribution in [0.5, 0.6) is 5.75 Å². The van der Waals surface area contributed by atoms with Crippen LogP contribution in [0.15, 0.2) is 42.5 Å². The Balaban J connectivity index is 2.07. The van der Waals surface area contributed by atoms with E-state index in [0.29, 0.717) is 30.0 Å². The van der Waals surface area contributed by atoms with Crippen LogP contribution in [0.1, 0.15) is 17.5 Å². The summed E-state index contributed by atoms with van der Waals surface area (Å²) in [5, 5.41) is 10.2. The predicted molar refractivity (Wildman–Crippen MR) is 79.0 cm³/mol. The van der Waals surface area contributed by atoms with Crippen molar-refractivity contribution < 1.29 is 9.13 Å². The fourth-order valence-electron chi connectivity index (χ4n) is 2.80. The molecule has 0 aromatic heterocycles. The van der Waals surface area contributed by atoms with Gasteiger partial charge in [0, 0.05) is 17.0 Å². The van der Waals surface area contributed by atoms with Gasteiger partial charge in [-0.15, -0.1) is 0 Å². The first-order chi connectivity index (χ1) is 10.1. The molecule has 1 heterocycles. The van der Waals surface area contributed by atoms with E-state index in [1.54, 1.807) is 0 Å². The van der Waals surface area contributed by atoms with Gasteiger partial charge in [0.05, 0.1) is 18.1 Å². The zero-order valence-corrected chi connectivity index (χ0v) is 12.0. The van der Waals surface area contributed by atoms with Crippen LogP contribution < -0.4 is 4.74 Å². The van der Waals surface area contributed by atoms with Gasteiger partial charge >= 0.3 is 0 Å². The Kier molecular flexibility index (Phi) is 3.57. The number of benzene rings is 2. The molecule has 4 heteroatoms. The van der Waals surface area contributed by atoms with Gasteiger partial charge in [-0.2, -0.15) is 5.26 Å². The number of hydrogen-bond donors (Lipinski definition) is 0. The molecule has 0 saturated heterocycles. The molecular weight excluding hydrogens is 289 g/mol. The summed E-state index contributed by atoms with van der Waals surface area (Å²) >= 11 is 6.15. The molecule has 1 atom stereocenters. The fraction of sp³-hybridized carbons (Fsp3) is 0.235. The summed E-state index contributed by atoms with van der Waals surface area (Å²) in [7, 11) is 0. The molecule has 2 nitrogen and oxygen atoms in total. The first-order valence-electron chi connectivity index (χ1n) is 6.72. The van der Waals surface area contributed by atoms with E-state index in [4.69, 9.17) is 16.3 Å². The highest BCUT2D eigenvalue weighted by Crippen LogP contribution is 2.41. The van der Waals surface area contributed by atoms with E-state index in [1.807, 2.05) is 24.3 Å². The molecule has 0 radical (unpaired) electrons. The Labute approximate surface area is 127 Å². The number of fused-ring (bicyclic) bond motifs is 1. The summed E-state index contributed by atoms with van der Waals surface area (Å²) in [6.07, 6.45) is 0.938. The second-order valence-corrected chi connectivity index (χ2v) is 5.61. The molecular formula is C17H13ClFNO. The van der Waals surface area contributed by atoms with Crippen LogP contribution in [0.4, 0.5) is 4.39 Å². The van der Waals surface area contributed by atoms with Crippen molar-refractivity contribution >= 4 is 11.6 Å². The van der Waals surface area contributed by atoms with Gasteiger partial charge in [-0.25, -0.2) is 4.39 Å². The van der Waals surface area contributed by atoms with E-state index in [-0.39, 0.29) is 5.82 Å². The lowest BCUT2D eigenvalue weighted by atomic mass is 9.73. The maximum atomic E-state index is 13.5. The first-order valence-corrected chi connectivity index (χ1v) is 7.10. The summed E-state index contributed by atoms with van der Waals surface area (Å²) < 4.78 is 19.1. The van der Waals surface area contributed by atoms with Crippen molar-refractivity contribution in [3.63, 3.8) is 0 Å². The van der Waals surface area contributed by atoms with E-state index in [2.05, 4.69) is 6.07 Å². The molecule has 2 aromatic rings. The molecule has 1 aliphatic rings. The zero-order chi connectivity index (χ0) is 14.9. The van der Waals surface area contributed by atoms with Crippen molar-refractivity contribution in [3.8, 4) is 11.8 Å². The summed E-state index contributed by atoms with van der Waals surface area (Å²) in [5.74, 6) is 0.376. The first kappa shape index (κ1) is 13.9. The van der Waals surface area contributed by atoms with Crippen LogP contribution in [0, 0.1) is 17.1 Å². The summed E-state index contributed by atoms with van der Waals surface area (Å²) in [6.45, 7) is 0.470. The highest BCUT2D eigenvalue weighted by molar-refractivity contribution is 6.31. The number of rotatable bonds is 2. The van der Waals surface area contributed by atoms with Gasteiger partial charge in [0.1, 0.15) is 11.6 Å². The summed E-state index contributed by atoms with van der Waals surface area (Å²) in [4.78, 5) is 0. The molecule has 1 aliphatic heterocycles. The van der Waals surface area contributed by atoms with Gasteiger partial charge in [-0.3, -0.25) is 0 Å². The third-order valence-electron chi connectivity index (χ3n) is 3.90. The lowest BCUT2D eigenvalue weighted by Crippen LogP contribution is -2.33. The van der Waals surface area contributed by atoms with Crippen LogP contribution in [0.3, 0.4) is 0 Å². The standard InChI is InChI=1S/C17H13ClFNO/c18-15-6-5-13(19)9-12(15)10-17(11-20)7-8-21-16-4-2-1-3-14(16)17/h1-6,9H,7-8,10H2. The molecule has 21 heavy (non-hydrogen) atoms. The van der Waals surface area contributed by atoms with Gasteiger partial charge in [-0.1, -0.05) is 29.8 Å². The second-order valence-electron chi connectivity index (χ2n) is 5.20. The van der Waals surface area contributed by atoms with Crippen LogP contribution in [0.2, 0.25) is 5.02 Å². The Morgan fingerprint density at radius 2 is 2.10 bits per heavy atom. The molecule has 0 fully saturated rings. The summed E-state index contributed by atoms with van der Waals surface area (Å²) in [5.41, 5.74) is 0.765. The van der Waals surface area contributed by atoms with Gasteiger partial charge in [0.15, 0.2) is 0 Å². The average molecular weight is 302 g/mol. The number of hydrogen-bond acceptors (Lipinski definition) is 2. The maximum Gasteiger partial charge on any atom is 0.124 e. The molecule has 1 unspecified atom stereocenters. The number of para-hydroxylation sites is 1. The molecule has 0 amide bonds. The van der Waals surface area contributed by atoms with Crippen molar-refractivity contribution in [2.45, 2.75) is 18.3 Å². The minimum atomic E-state index is -0.730. The van der Waals surface area contributed by atoms with Gasteiger partial charge < -0.3 is 4.74 Å². The van der Waals surface area contributed by atoms with Crippen molar-refractivity contribution in [3.05, 3.63) is 64.4 Å². The van der Waals surface area contributed by atoms with Crippen LogP contribution in [-0.4, -0.2) is 6.61 Å². The van der Waals surface area contributed by atoms with Crippen LogP contribution in [-0.2, 0) is 11.8 Å². The third kappa shape index (κ3) is 2.48. The van der Waals surface area contributed by atoms with E-state index in [0.717, 1.165) is 11.3 Å². The lowest BCUT2D eigenvalue weighted by Gasteiger charge is -2.33. The number of nitrogens with zero attached hydrogens (tertiary/aromatic N) is 1. The molecule has 3 rings (SSSR count). The van der Waals surface area contributed by atoms with Crippen molar-refractivity contribution in [2.24, 2.45) is 0 Å². The highest BCUT2D eigenvalue weighted by Gasteiger charge is 2.38. The highest BCUT2D eigenvalue weighted by atomic mass is 35.5. The molecule has 0 spiro atoms. The second kappa shape index (κ2) is 5.38. The monoisotopic (exact) mass is 301 g/mol. The Morgan fingerprint density at radius 1 is 1.29 bits per heavy atom. The van der Waals surface area contributed by atoms with Gasteiger partial charge in [0.25, 0.3) is 0 Å². The topological polar surface area (TPSA) is 33.0 Å². The smallest absolute Gasteiger partial charge is 0.124 e. The molecule has 106 valence electrons. The lowest BCUT2D eigenvalue weighted by molar-refractivity contribution is 0.241. The minimum Gasteiger partial charge on any atom is -0.493 e. The number of halogens is 2.